The van der Waals surface area contributed by atoms with Gasteiger partial charge in [0.05, 0.1) is 18.6 Å². The topological polar surface area (TPSA) is 68.2 Å². The Balaban J connectivity index is 0.00000225. The maximum atomic E-state index is 14.2. The quantitative estimate of drug-likeness (QED) is 0.360. The molecule has 0 aliphatic heterocycles. The molecule has 5 nitrogen and oxygen atoms in total. The Bertz CT molecular complexity index is 844. The minimum atomic E-state index is -0.328. The molecular formula is C18H19FIN5. The second kappa shape index (κ2) is 8.61. The van der Waals surface area contributed by atoms with Crippen molar-refractivity contribution in [3.63, 3.8) is 0 Å². The standard InChI is InChI=1S/C18H18FN5.HI/c1-13-2-5-15(6-3-13)23-18(20)22-11-14-4-7-17(16(19)10-14)24-9-8-21-12-24;/h2-10,12H,11H2,1H3,(H3,20,22,23);1H. The van der Waals surface area contributed by atoms with Gasteiger partial charge in [-0.25, -0.2) is 14.4 Å². The van der Waals surface area contributed by atoms with Crippen molar-refractivity contribution in [1.82, 2.24) is 9.55 Å². The molecule has 3 rings (SSSR count). The van der Waals surface area contributed by atoms with E-state index in [4.69, 9.17) is 5.73 Å². The number of guanidine groups is 1. The van der Waals surface area contributed by atoms with E-state index in [2.05, 4.69) is 15.3 Å². The molecular weight excluding hydrogens is 432 g/mol. The normalized spacial score (nSPS) is 11.0. The maximum Gasteiger partial charge on any atom is 0.193 e. The smallest absolute Gasteiger partial charge is 0.193 e. The van der Waals surface area contributed by atoms with Gasteiger partial charge in [-0.3, -0.25) is 0 Å². The highest BCUT2D eigenvalue weighted by atomic mass is 127. The number of nitrogens with zero attached hydrogens (tertiary/aromatic N) is 3. The Morgan fingerprint density at radius 3 is 2.64 bits per heavy atom. The van der Waals surface area contributed by atoms with E-state index >= 15 is 0 Å². The SMILES string of the molecule is Cc1ccc(NC(N)=NCc2ccc(-n3ccnc3)c(F)c2)cc1.I. The number of halogens is 2. The molecule has 0 radical (unpaired) electrons. The highest BCUT2D eigenvalue weighted by molar-refractivity contribution is 14.0. The van der Waals surface area contributed by atoms with Crippen molar-refractivity contribution in [2.75, 3.05) is 5.32 Å². The van der Waals surface area contributed by atoms with Crippen LogP contribution in [0, 0.1) is 12.7 Å². The molecule has 0 aliphatic rings. The summed E-state index contributed by atoms with van der Waals surface area (Å²) in [5.74, 6) is -0.0382. The lowest BCUT2D eigenvalue weighted by atomic mass is 10.2. The van der Waals surface area contributed by atoms with Crippen molar-refractivity contribution in [3.8, 4) is 5.69 Å². The summed E-state index contributed by atoms with van der Waals surface area (Å²) in [4.78, 5) is 8.16. The summed E-state index contributed by atoms with van der Waals surface area (Å²) in [5, 5.41) is 3.01. The molecule has 0 spiro atoms. The van der Waals surface area contributed by atoms with Crippen LogP contribution in [0.15, 0.2) is 66.2 Å². The number of aryl methyl sites for hydroxylation is 1. The lowest BCUT2D eigenvalue weighted by Crippen LogP contribution is -2.22. The molecule has 25 heavy (non-hydrogen) atoms. The van der Waals surface area contributed by atoms with Gasteiger partial charge in [-0.1, -0.05) is 23.8 Å². The summed E-state index contributed by atoms with van der Waals surface area (Å²) in [7, 11) is 0. The number of anilines is 1. The van der Waals surface area contributed by atoms with Gasteiger partial charge in [0.15, 0.2) is 5.96 Å². The van der Waals surface area contributed by atoms with Crippen LogP contribution >= 0.6 is 24.0 Å². The average Bonchev–Trinajstić information content (AvgIpc) is 3.09. The summed E-state index contributed by atoms with van der Waals surface area (Å²) >= 11 is 0. The molecule has 0 bridgehead atoms. The first-order valence-corrected chi connectivity index (χ1v) is 7.52. The zero-order valence-corrected chi connectivity index (χ0v) is 16.0. The fraction of sp³-hybridized carbons (Fsp3) is 0.111. The number of nitrogens with two attached hydrogens (primary N) is 1. The van der Waals surface area contributed by atoms with Crippen molar-refractivity contribution < 1.29 is 4.39 Å². The van der Waals surface area contributed by atoms with Gasteiger partial charge in [-0.05, 0) is 36.8 Å². The van der Waals surface area contributed by atoms with Crippen LogP contribution in [0.25, 0.3) is 5.69 Å². The van der Waals surface area contributed by atoms with E-state index in [9.17, 15) is 4.39 Å². The first kappa shape index (κ1) is 18.9. The summed E-state index contributed by atoms with van der Waals surface area (Å²) in [6.45, 7) is 2.31. The predicted molar refractivity (Wildman–Crippen MR) is 109 cm³/mol. The molecule has 0 atom stereocenters. The molecule has 1 heterocycles. The Morgan fingerprint density at radius 1 is 1.24 bits per heavy atom. The molecule has 1 aromatic heterocycles. The van der Waals surface area contributed by atoms with Gasteiger partial charge in [-0.15, -0.1) is 24.0 Å². The van der Waals surface area contributed by atoms with Crippen molar-refractivity contribution in [3.05, 3.63) is 78.1 Å². The van der Waals surface area contributed by atoms with Crippen LogP contribution in [0.3, 0.4) is 0 Å². The largest absolute Gasteiger partial charge is 0.370 e. The predicted octanol–water partition coefficient (Wildman–Crippen LogP) is 3.86. The molecule has 130 valence electrons. The van der Waals surface area contributed by atoms with Gasteiger partial charge < -0.3 is 15.6 Å². The summed E-state index contributed by atoms with van der Waals surface area (Å²) in [5.41, 5.74) is 9.10. The Labute approximate surface area is 162 Å². The van der Waals surface area contributed by atoms with Gasteiger partial charge in [0.25, 0.3) is 0 Å². The average molecular weight is 451 g/mol. The third-order valence-corrected chi connectivity index (χ3v) is 3.55. The van der Waals surface area contributed by atoms with Crippen LogP contribution in [0.4, 0.5) is 10.1 Å². The van der Waals surface area contributed by atoms with Crippen LogP contribution in [-0.2, 0) is 6.54 Å². The van der Waals surface area contributed by atoms with E-state index in [1.165, 1.54) is 11.6 Å². The number of rotatable bonds is 4. The molecule has 0 saturated heterocycles. The number of hydrogen-bond acceptors (Lipinski definition) is 2. The van der Waals surface area contributed by atoms with Gasteiger partial charge in [0.1, 0.15) is 5.82 Å². The Hall–Kier alpha value is -2.42. The van der Waals surface area contributed by atoms with Crippen LogP contribution in [0.2, 0.25) is 0 Å². The molecule has 3 aromatic rings. The first-order valence-electron chi connectivity index (χ1n) is 7.52. The number of benzene rings is 2. The summed E-state index contributed by atoms with van der Waals surface area (Å²) in [6.07, 6.45) is 4.86. The third kappa shape index (κ3) is 5.02. The number of aromatic nitrogens is 2. The second-order valence-electron chi connectivity index (χ2n) is 5.45. The zero-order chi connectivity index (χ0) is 16.9. The van der Waals surface area contributed by atoms with Crippen molar-refractivity contribution >= 4 is 35.6 Å². The van der Waals surface area contributed by atoms with Crippen LogP contribution in [-0.4, -0.2) is 15.5 Å². The van der Waals surface area contributed by atoms with Crippen LogP contribution < -0.4 is 11.1 Å². The van der Waals surface area contributed by atoms with Crippen molar-refractivity contribution in [2.45, 2.75) is 13.5 Å². The van der Waals surface area contributed by atoms with Gasteiger partial charge >= 0.3 is 0 Å². The van der Waals surface area contributed by atoms with Gasteiger partial charge in [0.2, 0.25) is 0 Å². The zero-order valence-electron chi connectivity index (χ0n) is 13.7. The lowest BCUT2D eigenvalue weighted by Gasteiger charge is -2.07. The Morgan fingerprint density at radius 2 is 2.00 bits per heavy atom. The summed E-state index contributed by atoms with van der Waals surface area (Å²) < 4.78 is 15.8. The summed E-state index contributed by atoms with van der Waals surface area (Å²) in [6, 6.07) is 12.8. The molecule has 0 saturated carbocycles. The number of nitrogens with one attached hydrogen (secondary N) is 1. The van der Waals surface area contributed by atoms with E-state index in [1.807, 2.05) is 37.3 Å². The molecule has 0 aliphatic carbocycles. The van der Waals surface area contributed by atoms with E-state index < -0.39 is 0 Å². The van der Waals surface area contributed by atoms with E-state index in [0.717, 1.165) is 11.3 Å². The van der Waals surface area contributed by atoms with Crippen molar-refractivity contribution in [1.29, 1.82) is 0 Å². The second-order valence-corrected chi connectivity index (χ2v) is 5.45. The fourth-order valence-electron chi connectivity index (χ4n) is 2.26. The molecule has 0 amide bonds. The lowest BCUT2D eigenvalue weighted by molar-refractivity contribution is 0.616. The highest BCUT2D eigenvalue weighted by Gasteiger charge is 2.05. The minimum Gasteiger partial charge on any atom is -0.370 e. The first-order chi connectivity index (χ1) is 11.6. The molecule has 7 heteroatoms. The molecule has 0 unspecified atom stereocenters. The minimum absolute atomic E-state index is 0. The molecule has 3 N–H and O–H groups in total. The van der Waals surface area contributed by atoms with E-state index in [-0.39, 0.29) is 35.8 Å². The van der Waals surface area contributed by atoms with Gasteiger partial charge in [0, 0.05) is 18.1 Å². The van der Waals surface area contributed by atoms with E-state index in [1.54, 1.807) is 29.4 Å². The van der Waals surface area contributed by atoms with Crippen LogP contribution in [0.5, 0.6) is 0 Å². The molecule has 0 fully saturated rings. The van der Waals surface area contributed by atoms with E-state index in [0.29, 0.717) is 12.2 Å². The fourth-order valence-corrected chi connectivity index (χ4v) is 2.26. The maximum absolute atomic E-state index is 14.2. The number of imidazole rings is 1. The van der Waals surface area contributed by atoms with Crippen molar-refractivity contribution in [2.24, 2.45) is 10.7 Å². The number of hydrogen-bond donors (Lipinski definition) is 2. The number of aliphatic imine (C=N–C) groups is 1. The molecule has 2 aromatic carbocycles. The monoisotopic (exact) mass is 451 g/mol. The highest BCUT2D eigenvalue weighted by Crippen LogP contribution is 2.15. The Kier molecular flexibility index (Phi) is 6.51. The third-order valence-electron chi connectivity index (χ3n) is 3.55. The van der Waals surface area contributed by atoms with Crippen LogP contribution in [0.1, 0.15) is 11.1 Å². The van der Waals surface area contributed by atoms with Gasteiger partial charge in [-0.2, -0.15) is 0 Å².